The van der Waals surface area contributed by atoms with E-state index in [9.17, 15) is 0 Å². The quantitative estimate of drug-likeness (QED) is 0.295. The molecule has 0 radical (unpaired) electrons. The first-order valence-corrected chi connectivity index (χ1v) is 11.9. The van der Waals surface area contributed by atoms with Gasteiger partial charge in [0.15, 0.2) is 0 Å². The molecule has 0 N–H and O–H groups in total. The van der Waals surface area contributed by atoms with Crippen molar-refractivity contribution in [2.45, 2.75) is 65.6 Å². The van der Waals surface area contributed by atoms with Crippen LogP contribution >= 0.6 is 0 Å². The lowest BCUT2D eigenvalue weighted by Crippen LogP contribution is -2.41. The van der Waals surface area contributed by atoms with E-state index in [1.807, 2.05) is 0 Å². The van der Waals surface area contributed by atoms with Crippen molar-refractivity contribution in [3.8, 4) is 11.1 Å². The number of hydrogen-bond acceptors (Lipinski definition) is 4. The molecule has 1 aliphatic rings. The Morgan fingerprint density at radius 3 is 1.97 bits per heavy atom. The van der Waals surface area contributed by atoms with Gasteiger partial charge in [-0.2, -0.15) is 0 Å². The third-order valence-corrected chi connectivity index (χ3v) is 7.22. The van der Waals surface area contributed by atoms with Gasteiger partial charge in [0.25, 0.3) is 0 Å². The molecule has 5 heteroatoms. The Balaban J connectivity index is 1.60. The van der Waals surface area contributed by atoms with E-state index in [0.717, 1.165) is 57.1 Å². The fraction of sp³-hybridized carbons (Fsp3) is 0.357. The maximum Gasteiger partial charge on any atom is 0.494 e. The molecule has 5 rings (SSSR count). The summed E-state index contributed by atoms with van der Waals surface area (Å²) in [5.74, 6) is 0. The number of pyridine rings is 2. The zero-order chi connectivity index (χ0) is 23.4. The van der Waals surface area contributed by atoms with Crippen LogP contribution in [0.5, 0.6) is 0 Å². The Labute approximate surface area is 196 Å². The minimum absolute atomic E-state index is 0.348. The predicted octanol–water partition coefficient (Wildman–Crippen LogP) is 5.87. The molecule has 4 nitrogen and oxygen atoms in total. The van der Waals surface area contributed by atoms with Crippen LogP contribution in [0.3, 0.4) is 0 Å². The van der Waals surface area contributed by atoms with Crippen LogP contribution in [0.4, 0.5) is 0 Å². The Hall–Kier alpha value is -2.76. The summed E-state index contributed by atoms with van der Waals surface area (Å²) < 4.78 is 12.5. The first-order chi connectivity index (χ1) is 15.7. The van der Waals surface area contributed by atoms with Gasteiger partial charge in [-0.25, -0.2) is 0 Å². The van der Waals surface area contributed by atoms with E-state index in [1.54, 1.807) is 0 Å². The van der Waals surface area contributed by atoms with Crippen LogP contribution in [0.1, 0.15) is 52.9 Å². The lowest BCUT2D eigenvalue weighted by molar-refractivity contribution is 0.00578. The molecule has 1 fully saturated rings. The van der Waals surface area contributed by atoms with Crippen molar-refractivity contribution in [2.75, 3.05) is 0 Å². The van der Waals surface area contributed by atoms with Crippen molar-refractivity contribution in [1.82, 2.24) is 9.97 Å². The molecule has 4 aromatic rings. The molecule has 0 spiro atoms. The van der Waals surface area contributed by atoms with Crippen molar-refractivity contribution in [3.05, 3.63) is 66.0 Å². The van der Waals surface area contributed by atoms with Crippen LogP contribution in [0.15, 0.2) is 54.6 Å². The summed E-state index contributed by atoms with van der Waals surface area (Å²) in [6, 6.07) is 19.3. The van der Waals surface area contributed by atoms with Crippen molar-refractivity contribution in [2.24, 2.45) is 0 Å². The number of nitrogens with zero attached hydrogens (tertiary/aromatic N) is 2. The smallest absolute Gasteiger partial charge is 0.399 e. The second-order valence-corrected chi connectivity index (χ2v) is 9.91. The molecule has 1 aliphatic heterocycles. The number of benzene rings is 2. The SMILES string of the molecule is CCc1ccc2ccc3c(-c4ccc(B5OC(C)(C)C(C)(C)O5)cc4)cc(CC)nc3c2n1. The minimum atomic E-state index is -0.356. The topological polar surface area (TPSA) is 44.2 Å². The van der Waals surface area contributed by atoms with Gasteiger partial charge in [-0.1, -0.05) is 56.3 Å². The predicted molar refractivity (Wildman–Crippen MR) is 137 cm³/mol. The lowest BCUT2D eigenvalue weighted by atomic mass is 9.78. The first-order valence-electron chi connectivity index (χ1n) is 11.9. The van der Waals surface area contributed by atoms with Gasteiger partial charge in [-0.15, -0.1) is 0 Å². The lowest BCUT2D eigenvalue weighted by Gasteiger charge is -2.32. The molecule has 0 atom stereocenters. The fourth-order valence-corrected chi connectivity index (χ4v) is 4.38. The van der Waals surface area contributed by atoms with Gasteiger partial charge in [-0.3, -0.25) is 9.97 Å². The van der Waals surface area contributed by atoms with Crippen LogP contribution in [0.25, 0.3) is 32.9 Å². The monoisotopic (exact) mass is 438 g/mol. The number of fused-ring (bicyclic) bond motifs is 3. The second kappa shape index (κ2) is 7.93. The Bertz CT molecular complexity index is 1330. The van der Waals surface area contributed by atoms with E-state index in [-0.39, 0.29) is 18.3 Å². The van der Waals surface area contributed by atoms with E-state index >= 15 is 0 Å². The summed E-state index contributed by atoms with van der Waals surface area (Å²) in [6.07, 6.45) is 1.78. The number of aryl methyl sites for hydroxylation is 2. The Morgan fingerprint density at radius 2 is 1.33 bits per heavy atom. The average molecular weight is 438 g/mol. The third kappa shape index (κ3) is 3.73. The largest absolute Gasteiger partial charge is 0.494 e. The second-order valence-electron chi connectivity index (χ2n) is 9.91. The standard InChI is InChI=1S/C28H31BN2O2/c1-7-21-15-11-19-12-16-23-24(17-22(8-2)31-26(23)25(19)30-21)18-9-13-20(14-10-18)29-32-27(3,4)28(5,6)33-29/h9-17H,7-8H2,1-6H3. The molecule has 0 unspecified atom stereocenters. The van der Waals surface area contributed by atoms with E-state index in [0.29, 0.717) is 0 Å². The highest BCUT2D eigenvalue weighted by Gasteiger charge is 2.51. The molecule has 2 aromatic carbocycles. The summed E-state index contributed by atoms with van der Waals surface area (Å²) in [7, 11) is -0.356. The molecule has 0 amide bonds. The van der Waals surface area contributed by atoms with Crippen molar-refractivity contribution in [1.29, 1.82) is 0 Å². The maximum absolute atomic E-state index is 6.23. The van der Waals surface area contributed by atoms with Crippen molar-refractivity contribution < 1.29 is 9.31 Å². The molecular formula is C28H31BN2O2. The molecule has 33 heavy (non-hydrogen) atoms. The molecule has 0 aliphatic carbocycles. The number of hydrogen-bond donors (Lipinski definition) is 0. The summed E-state index contributed by atoms with van der Waals surface area (Å²) in [5, 5.41) is 2.26. The van der Waals surface area contributed by atoms with Crippen LogP contribution in [0, 0.1) is 0 Å². The van der Waals surface area contributed by atoms with Gasteiger partial charge in [0, 0.05) is 22.2 Å². The normalized spacial score (nSPS) is 17.2. The zero-order valence-electron chi connectivity index (χ0n) is 20.4. The first kappa shape index (κ1) is 22.1. The molecule has 1 saturated heterocycles. The number of rotatable bonds is 4. The van der Waals surface area contributed by atoms with Gasteiger partial charge in [-0.05, 0) is 69.3 Å². The van der Waals surface area contributed by atoms with E-state index < -0.39 is 0 Å². The van der Waals surface area contributed by atoms with Crippen molar-refractivity contribution >= 4 is 34.4 Å². The molecule has 0 bridgehead atoms. The number of aromatic nitrogens is 2. The Kier molecular flexibility index (Phi) is 5.30. The average Bonchev–Trinajstić information content (AvgIpc) is 3.04. The summed E-state index contributed by atoms with van der Waals surface area (Å²) >= 11 is 0. The van der Waals surface area contributed by atoms with Crippen molar-refractivity contribution in [3.63, 3.8) is 0 Å². The molecule has 0 saturated carbocycles. The molecule has 168 valence electrons. The van der Waals surface area contributed by atoms with E-state index in [1.165, 1.54) is 5.56 Å². The van der Waals surface area contributed by atoms with E-state index in [4.69, 9.17) is 19.3 Å². The van der Waals surface area contributed by atoms with Crippen LogP contribution in [-0.4, -0.2) is 28.3 Å². The summed E-state index contributed by atoms with van der Waals surface area (Å²) in [4.78, 5) is 9.92. The highest BCUT2D eigenvalue weighted by molar-refractivity contribution is 6.62. The van der Waals surface area contributed by atoms with Crippen LogP contribution < -0.4 is 5.46 Å². The van der Waals surface area contributed by atoms with Gasteiger partial charge in [0.05, 0.1) is 22.2 Å². The molecule has 2 aromatic heterocycles. The highest BCUT2D eigenvalue weighted by atomic mass is 16.7. The van der Waals surface area contributed by atoms with Gasteiger partial charge < -0.3 is 9.31 Å². The minimum Gasteiger partial charge on any atom is -0.399 e. The highest BCUT2D eigenvalue weighted by Crippen LogP contribution is 2.37. The molecular weight excluding hydrogens is 407 g/mol. The van der Waals surface area contributed by atoms with Gasteiger partial charge in [0.2, 0.25) is 0 Å². The molecule has 3 heterocycles. The van der Waals surface area contributed by atoms with Crippen LogP contribution in [0.2, 0.25) is 0 Å². The fourth-order valence-electron chi connectivity index (χ4n) is 4.38. The third-order valence-electron chi connectivity index (χ3n) is 7.22. The van der Waals surface area contributed by atoms with E-state index in [2.05, 4.69) is 96.1 Å². The van der Waals surface area contributed by atoms with Crippen LogP contribution in [-0.2, 0) is 22.2 Å². The summed E-state index contributed by atoms with van der Waals surface area (Å²) in [5.41, 5.74) is 6.80. The Morgan fingerprint density at radius 1 is 0.727 bits per heavy atom. The zero-order valence-corrected chi connectivity index (χ0v) is 20.4. The maximum atomic E-state index is 6.23. The van der Waals surface area contributed by atoms with Gasteiger partial charge >= 0.3 is 7.12 Å². The van der Waals surface area contributed by atoms with Gasteiger partial charge in [0.1, 0.15) is 0 Å². The summed E-state index contributed by atoms with van der Waals surface area (Å²) in [6.45, 7) is 12.6.